The maximum absolute atomic E-state index is 12.6. The Balaban J connectivity index is 1.61. The molecule has 1 amide bonds. The highest BCUT2D eigenvalue weighted by molar-refractivity contribution is 7.99. The number of hydrogen-bond acceptors (Lipinski definition) is 7. The lowest BCUT2D eigenvalue weighted by Gasteiger charge is -2.07. The average molecular weight is 406 g/mol. The minimum atomic E-state index is -0.519. The summed E-state index contributed by atoms with van der Waals surface area (Å²) in [6.45, 7) is 1.97. The van der Waals surface area contributed by atoms with Crippen LogP contribution in [0.15, 0.2) is 64.9 Å². The van der Waals surface area contributed by atoms with Crippen molar-refractivity contribution in [1.82, 2.24) is 19.9 Å². The molecule has 0 saturated heterocycles. The van der Waals surface area contributed by atoms with Crippen LogP contribution in [0.3, 0.4) is 0 Å². The van der Waals surface area contributed by atoms with E-state index in [-0.39, 0.29) is 17.1 Å². The Hall–Kier alpha value is -3.79. The van der Waals surface area contributed by atoms with Gasteiger partial charge >= 0.3 is 0 Å². The summed E-state index contributed by atoms with van der Waals surface area (Å²) in [7, 11) is 0. The molecule has 10 heteroatoms. The van der Waals surface area contributed by atoms with E-state index in [2.05, 4.69) is 25.3 Å². The number of aryl methyl sites for hydroxylation is 1. The van der Waals surface area contributed by atoms with Crippen LogP contribution in [0.5, 0.6) is 0 Å². The Labute approximate surface area is 168 Å². The van der Waals surface area contributed by atoms with Crippen LogP contribution in [0.1, 0.15) is 15.9 Å². The first kappa shape index (κ1) is 18.6. The molecule has 9 nitrogen and oxygen atoms in total. The van der Waals surface area contributed by atoms with Gasteiger partial charge in [-0.1, -0.05) is 29.5 Å². The summed E-state index contributed by atoms with van der Waals surface area (Å²) < 4.78 is 0. The Kier molecular flexibility index (Phi) is 4.92. The van der Waals surface area contributed by atoms with Crippen molar-refractivity contribution in [2.45, 2.75) is 16.7 Å². The van der Waals surface area contributed by atoms with Gasteiger partial charge in [0.05, 0.1) is 16.1 Å². The second-order valence-electron chi connectivity index (χ2n) is 6.13. The molecule has 2 N–H and O–H groups in total. The molecule has 0 spiro atoms. The van der Waals surface area contributed by atoms with E-state index in [4.69, 9.17) is 0 Å². The zero-order valence-electron chi connectivity index (χ0n) is 15.1. The lowest BCUT2D eigenvalue weighted by atomic mass is 10.2. The molecule has 0 aliphatic heterocycles. The van der Waals surface area contributed by atoms with E-state index in [0.29, 0.717) is 16.1 Å². The van der Waals surface area contributed by atoms with E-state index in [1.807, 2.05) is 31.2 Å². The maximum Gasteiger partial charge on any atom is 0.284 e. The molecule has 4 rings (SSSR count). The molecule has 0 unspecified atom stereocenters. The van der Waals surface area contributed by atoms with Gasteiger partial charge in [0.25, 0.3) is 11.6 Å². The van der Waals surface area contributed by atoms with Crippen LogP contribution < -0.4 is 5.32 Å². The number of hydrogen-bond donors (Lipinski definition) is 2. The number of aromatic amines is 1. The van der Waals surface area contributed by atoms with Crippen LogP contribution in [0.2, 0.25) is 0 Å². The molecule has 2 heterocycles. The van der Waals surface area contributed by atoms with Crippen LogP contribution in [0, 0.1) is 17.0 Å². The lowest BCUT2D eigenvalue weighted by Crippen LogP contribution is -2.14. The molecule has 4 aromatic rings. The van der Waals surface area contributed by atoms with E-state index in [0.717, 1.165) is 10.5 Å². The number of carbonyl (C=O) groups excluding carboxylic acids is 1. The van der Waals surface area contributed by atoms with E-state index in [1.54, 1.807) is 12.1 Å². The van der Waals surface area contributed by atoms with Crippen molar-refractivity contribution in [3.8, 4) is 0 Å². The molecule has 0 aliphatic carbocycles. The number of aromatic nitrogens is 4. The van der Waals surface area contributed by atoms with Gasteiger partial charge in [-0.25, -0.2) is 15.0 Å². The molecule has 0 saturated carbocycles. The van der Waals surface area contributed by atoms with Crippen molar-refractivity contribution in [1.29, 1.82) is 0 Å². The number of amides is 1. The van der Waals surface area contributed by atoms with E-state index < -0.39 is 10.8 Å². The van der Waals surface area contributed by atoms with Crippen molar-refractivity contribution in [2.75, 3.05) is 5.32 Å². The minimum absolute atomic E-state index is 0.141. The first-order chi connectivity index (χ1) is 14.0. The zero-order chi connectivity index (χ0) is 20.4. The average Bonchev–Trinajstić information content (AvgIpc) is 3.19. The van der Waals surface area contributed by atoms with Crippen LogP contribution in [-0.2, 0) is 0 Å². The zero-order valence-corrected chi connectivity index (χ0v) is 15.9. The predicted molar refractivity (Wildman–Crippen MR) is 108 cm³/mol. The fourth-order valence-corrected chi connectivity index (χ4v) is 3.56. The summed E-state index contributed by atoms with van der Waals surface area (Å²) in [6, 6.07) is 12.1. The highest BCUT2D eigenvalue weighted by Gasteiger charge is 2.19. The molecule has 0 radical (unpaired) electrons. The van der Waals surface area contributed by atoms with Crippen molar-refractivity contribution < 1.29 is 9.72 Å². The molecule has 144 valence electrons. The first-order valence-corrected chi connectivity index (χ1v) is 9.31. The highest BCUT2D eigenvalue weighted by atomic mass is 32.2. The van der Waals surface area contributed by atoms with E-state index in [1.165, 1.54) is 30.5 Å². The van der Waals surface area contributed by atoms with Gasteiger partial charge in [-0.3, -0.25) is 14.9 Å². The smallest absolute Gasteiger partial charge is 0.284 e. The summed E-state index contributed by atoms with van der Waals surface area (Å²) in [5.74, 6) is -0.271. The molecular weight excluding hydrogens is 392 g/mol. The number of imidazole rings is 1. The molecular formula is C19H14N6O3S. The Morgan fingerprint density at radius 1 is 1.14 bits per heavy atom. The number of fused-ring (bicyclic) bond motifs is 1. The monoisotopic (exact) mass is 406 g/mol. The number of nitro benzene ring substituents is 1. The highest BCUT2D eigenvalue weighted by Crippen LogP contribution is 2.35. The van der Waals surface area contributed by atoms with Crippen LogP contribution >= 0.6 is 11.8 Å². The van der Waals surface area contributed by atoms with Gasteiger partial charge in [0.15, 0.2) is 11.5 Å². The lowest BCUT2D eigenvalue weighted by molar-refractivity contribution is -0.387. The summed E-state index contributed by atoms with van der Waals surface area (Å²) in [5, 5.41) is 14.2. The fraction of sp³-hybridized carbons (Fsp3) is 0.0526. The molecule has 0 bridgehead atoms. The predicted octanol–water partition coefficient (Wildman–Crippen LogP) is 3.97. The molecule has 0 fully saturated rings. The van der Waals surface area contributed by atoms with Crippen LogP contribution in [0.25, 0.3) is 11.2 Å². The summed E-state index contributed by atoms with van der Waals surface area (Å²) in [5.41, 5.74) is 1.99. The number of nitro groups is 1. The van der Waals surface area contributed by atoms with Crippen LogP contribution in [-0.4, -0.2) is 30.8 Å². The van der Waals surface area contributed by atoms with Crippen molar-refractivity contribution in [2.24, 2.45) is 0 Å². The standard InChI is InChI=1S/C19H14N6O3S/c1-11-2-5-13(6-3-11)29-15-7-4-12(8-14(15)25(27)28)19(26)24-18-16-17(21-9-20-16)22-10-23-18/h2-10H,1H3,(H2,20,21,22,23,24,26). The summed E-state index contributed by atoms with van der Waals surface area (Å²) in [6.07, 6.45) is 2.72. The quantitative estimate of drug-likeness (QED) is 0.379. The molecule has 0 atom stereocenters. The third kappa shape index (κ3) is 3.92. The number of anilines is 1. The fourth-order valence-electron chi connectivity index (χ4n) is 2.66. The van der Waals surface area contributed by atoms with Crippen molar-refractivity contribution in [3.05, 3.63) is 76.4 Å². The summed E-state index contributed by atoms with van der Waals surface area (Å²) >= 11 is 1.27. The van der Waals surface area contributed by atoms with Gasteiger partial charge in [-0.05, 0) is 31.2 Å². The molecule has 2 aromatic carbocycles. The van der Waals surface area contributed by atoms with E-state index in [9.17, 15) is 14.9 Å². The van der Waals surface area contributed by atoms with Gasteiger partial charge in [0, 0.05) is 16.5 Å². The Morgan fingerprint density at radius 3 is 2.69 bits per heavy atom. The number of carbonyl (C=O) groups is 1. The Bertz CT molecular complexity index is 1220. The first-order valence-electron chi connectivity index (χ1n) is 8.49. The maximum atomic E-state index is 12.6. The van der Waals surface area contributed by atoms with Gasteiger partial charge in [0.1, 0.15) is 11.8 Å². The van der Waals surface area contributed by atoms with Gasteiger partial charge in [0.2, 0.25) is 0 Å². The molecule has 2 aromatic heterocycles. The second-order valence-corrected chi connectivity index (χ2v) is 7.25. The SMILES string of the molecule is Cc1ccc(Sc2ccc(C(=O)Nc3ncnc4nc[nH]c34)cc2[N+](=O)[O-])cc1. The van der Waals surface area contributed by atoms with Crippen LogP contribution in [0.4, 0.5) is 11.5 Å². The number of nitrogens with one attached hydrogen (secondary N) is 2. The topological polar surface area (TPSA) is 127 Å². The number of benzene rings is 2. The molecule has 29 heavy (non-hydrogen) atoms. The normalized spacial score (nSPS) is 10.8. The number of H-pyrrole nitrogens is 1. The van der Waals surface area contributed by atoms with Gasteiger partial charge < -0.3 is 10.3 Å². The van der Waals surface area contributed by atoms with Crippen molar-refractivity contribution >= 4 is 40.3 Å². The minimum Gasteiger partial charge on any atom is -0.340 e. The molecule has 0 aliphatic rings. The Morgan fingerprint density at radius 2 is 1.93 bits per heavy atom. The third-order valence-electron chi connectivity index (χ3n) is 4.12. The van der Waals surface area contributed by atoms with Crippen molar-refractivity contribution in [3.63, 3.8) is 0 Å². The number of nitrogens with zero attached hydrogens (tertiary/aromatic N) is 4. The van der Waals surface area contributed by atoms with Gasteiger partial charge in [-0.15, -0.1) is 0 Å². The summed E-state index contributed by atoms with van der Waals surface area (Å²) in [4.78, 5) is 39.9. The largest absolute Gasteiger partial charge is 0.340 e. The third-order valence-corrected chi connectivity index (χ3v) is 5.19. The van der Waals surface area contributed by atoms with E-state index >= 15 is 0 Å². The second kappa shape index (κ2) is 7.68. The number of rotatable bonds is 5. The van der Waals surface area contributed by atoms with Gasteiger partial charge in [-0.2, -0.15) is 0 Å².